The molecule has 1 aliphatic rings. The monoisotopic (exact) mass is 284 g/mol. The minimum Gasteiger partial charge on any atom is -0.396 e. The van der Waals surface area contributed by atoms with Crippen LogP contribution >= 0.6 is 0 Å². The number of pyridine rings is 1. The first-order chi connectivity index (χ1) is 9.04. The van der Waals surface area contributed by atoms with Gasteiger partial charge in [-0.15, -0.1) is 0 Å². The van der Waals surface area contributed by atoms with E-state index >= 15 is 0 Å². The molecule has 0 unspecified atom stereocenters. The second-order valence-electron chi connectivity index (χ2n) is 4.64. The summed E-state index contributed by atoms with van der Waals surface area (Å²) in [4.78, 5) is 6.07. The molecule has 0 spiro atoms. The number of nitrogens with zero attached hydrogens (tertiary/aromatic N) is 3. The van der Waals surface area contributed by atoms with Gasteiger partial charge in [0.25, 0.3) is 0 Å². The summed E-state index contributed by atoms with van der Waals surface area (Å²) in [5.74, 6) is 0.227. The molecular formula is C12H20N4O2S. The number of anilines is 2. The minimum atomic E-state index is -3.09. The lowest BCUT2D eigenvalue weighted by atomic mass is 10.2. The van der Waals surface area contributed by atoms with Gasteiger partial charge in [-0.25, -0.2) is 8.42 Å². The fraction of sp³-hybridized carbons (Fsp3) is 0.583. The number of hydrogen-bond donors (Lipinski definition) is 1. The van der Waals surface area contributed by atoms with E-state index in [2.05, 4.69) is 9.88 Å². The molecule has 1 aliphatic heterocycles. The smallest absolute Gasteiger partial charge is 0.214 e. The Labute approximate surface area is 114 Å². The van der Waals surface area contributed by atoms with E-state index in [-0.39, 0.29) is 5.75 Å². The van der Waals surface area contributed by atoms with Crippen molar-refractivity contribution in [1.82, 2.24) is 9.29 Å². The van der Waals surface area contributed by atoms with Crippen molar-refractivity contribution in [2.45, 2.75) is 13.3 Å². The largest absolute Gasteiger partial charge is 0.396 e. The average Bonchev–Trinajstić information content (AvgIpc) is 2.39. The zero-order valence-corrected chi connectivity index (χ0v) is 11.9. The number of sulfonamides is 1. The van der Waals surface area contributed by atoms with Gasteiger partial charge in [0.2, 0.25) is 10.0 Å². The molecule has 0 radical (unpaired) electrons. The summed E-state index contributed by atoms with van der Waals surface area (Å²) in [5, 5.41) is 0. The average molecular weight is 284 g/mol. The summed E-state index contributed by atoms with van der Waals surface area (Å²) < 4.78 is 25.5. The van der Waals surface area contributed by atoms with Gasteiger partial charge in [-0.3, -0.25) is 4.98 Å². The number of aromatic nitrogens is 1. The van der Waals surface area contributed by atoms with Crippen LogP contribution in [0.4, 0.5) is 11.4 Å². The van der Waals surface area contributed by atoms with Gasteiger partial charge in [-0.2, -0.15) is 4.31 Å². The van der Waals surface area contributed by atoms with Crippen molar-refractivity contribution in [3.8, 4) is 0 Å². The lowest BCUT2D eigenvalue weighted by molar-refractivity contribution is 0.385. The molecule has 7 heteroatoms. The molecule has 1 fully saturated rings. The highest BCUT2D eigenvalue weighted by Gasteiger charge is 2.26. The fourth-order valence-corrected chi connectivity index (χ4v) is 3.78. The maximum Gasteiger partial charge on any atom is 0.214 e. The van der Waals surface area contributed by atoms with Crippen molar-refractivity contribution in [1.29, 1.82) is 0 Å². The Bertz CT molecular complexity index is 524. The zero-order valence-electron chi connectivity index (χ0n) is 11.1. The maximum absolute atomic E-state index is 12.0. The van der Waals surface area contributed by atoms with E-state index in [4.69, 9.17) is 5.73 Å². The summed E-state index contributed by atoms with van der Waals surface area (Å²) in [5.41, 5.74) is 7.45. The van der Waals surface area contributed by atoms with E-state index < -0.39 is 10.0 Å². The molecule has 0 bridgehead atoms. The van der Waals surface area contributed by atoms with Crippen LogP contribution in [0.2, 0.25) is 0 Å². The van der Waals surface area contributed by atoms with Crippen LogP contribution < -0.4 is 10.6 Å². The van der Waals surface area contributed by atoms with Gasteiger partial charge in [0.1, 0.15) is 0 Å². The molecule has 2 heterocycles. The van der Waals surface area contributed by atoms with Crippen LogP contribution in [0.1, 0.15) is 13.3 Å². The van der Waals surface area contributed by atoms with E-state index in [1.54, 1.807) is 16.7 Å². The van der Waals surface area contributed by atoms with Crippen molar-refractivity contribution < 1.29 is 8.42 Å². The van der Waals surface area contributed by atoms with Crippen molar-refractivity contribution in [3.63, 3.8) is 0 Å². The second kappa shape index (κ2) is 5.75. The van der Waals surface area contributed by atoms with Gasteiger partial charge in [-0.05, 0) is 12.5 Å². The van der Waals surface area contributed by atoms with Crippen LogP contribution in [0.15, 0.2) is 18.5 Å². The van der Waals surface area contributed by atoms with Crippen molar-refractivity contribution >= 4 is 21.4 Å². The molecule has 2 rings (SSSR count). The third-order valence-electron chi connectivity index (χ3n) is 3.26. The standard InChI is InChI=1S/C12H20N4O2S/c1-2-9-19(17,18)16-7-5-15(6-8-16)12-3-4-14-10-11(12)13/h3-4,10H,2,5-9,13H2,1H3. The number of nitrogens with two attached hydrogens (primary N) is 1. The van der Waals surface area contributed by atoms with Gasteiger partial charge < -0.3 is 10.6 Å². The SMILES string of the molecule is CCCS(=O)(=O)N1CCN(c2ccncc2N)CC1. The van der Waals surface area contributed by atoms with Gasteiger partial charge in [-0.1, -0.05) is 6.92 Å². The van der Waals surface area contributed by atoms with Gasteiger partial charge >= 0.3 is 0 Å². The number of nitrogen functional groups attached to an aromatic ring is 1. The van der Waals surface area contributed by atoms with Gasteiger partial charge in [0, 0.05) is 32.4 Å². The first-order valence-electron chi connectivity index (χ1n) is 6.47. The third-order valence-corrected chi connectivity index (χ3v) is 5.34. The molecule has 0 atom stereocenters. The van der Waals surface area contributed by atoms with E-state index in [1.165, 1.54) is 0 Å². The van der Waals surface area contributed by atoms with Crippen molar-refractivity contribution in [2.75, 3.05) is 42.6 Å². The van der Waals surface area contributed by atoms with Crippen molar-refractivity contribution in [3.05, 3.63) is 18.5 Å². The van der Waals surface area contributed by atoms with E-state index in [0.717, 1.165) is 5.69 Å². The molecule has 0 saturated carbocycles. The van der Waals surface area contributed by atoms with Gasteiger partial charge in [0.15, 0.2) is 0 Å². The Balaban J connectivity index is 2.02. The maximum atomic E-state index is 12.0. The molecule has 0 amide bonds. The van der Waals surface area contributed by atoms with Crippen LogP contribution in [0.25, 0.3) is 0 Å². The highest BCUT2D eigenvalue weighted by Crippen LogP contribution is 2.23. The third kappa shape index (κ3) is 3.16. The topological polar surface area (TPSA) is 79.5 Å². The molecule has 2 N–H and O–H groups in total. The quantitative estimate of drug-likeness (QED) is 0.872. The van der Waals surface area contributed by atoms with Crippen molar-refractivity contribution in [2.24, 2.45) is 0 Å². The van der Waals surface area contributed by atoms with Crippen LogP contribution in [0.5, 0.6) is 0 Å². The summed E-state index contributed by atoms with van der Waals surface area (Å²) in [6.07, 6.45) is 3.97. The molecule has 1 aromatic rings. The summed E-state index contributed by atoms with van der Waals surface area (Å²) in [7, 11) is -3.09. The summed E-state index contributed by atoms with van der Waals surface area (Å²) >= 11 is 0. The Morgan fingerprint density at radius 2 is 2.00 bits per heavy atom. The molecular weight excluding hydrogens is 264 g/mol. The predicted octanol–water partition coefficient (Wildman–Crippen LogP) is 0.526. The molecule has 0 aromatic carbocycles. The molecule has 106 valence electrons. The Kier molecular flexibility index (Phi) is 4.26. The number of piperazine rings is 1. The molecule has 19 heavy (non-hydrogen) atoms. The normalized spacial score (nSPS) is 17.6. The second-order valence-corrected chi connectivity index (χ2v) is 6.73. The predicted molar refractivity (Wildman–Crippen MR) is 76.5 cm³/mol. The van der Waals surface area contributed by atoms with Gasteiger partial charge in [0.05, 0.1) is 23.3 Å². The van der Waals surface area contributed by atoms with E-state index in [1.807, 2.05) is 13.0 Å². The molecule has 1 aromatic heterocycles. The highest BCUT2D eigenvalue weighted by molar-refractivity contribution is 7.89. The molecule has 0 aliphatic carbocycles. The highest BCUT2D eigenvalue weighted by atomic mass is 32.2. The fourth-order valence-electron chi connectivity index (χ4n) is 2.28. The first kappa shape index (κ1) is 14.1. The Morgan fingerprint density at radius 3 is 2.58 bits per heavy atom. The van der Waals surface area contributed by atoms with Crippen LogP contribution in [-0.4, -0.2) is 49.6 Å². The summed E-state index contributed by atoms with van der Waals surface area (Å²) in [6.45, 7) is 4.24. The number of hydrogen-bond acceptors (Lipinski definition) is 5. The van der Waals surface area contributed by atoms with E-state index in [0.29, 0.717) is 38.3 Å². The van der Waals surface area contributed by atoms with Crippen LogP contribution in [0, 0.1) is 0 Å². The summed E-state index contributed by atoms with van der Waals surface area (Å²) in [6, 6.07) is 1.87. The van der Waals surface area contributed by atoms with Crippen LogP contribution in [-0.2, 0) is 10.0 Å². The number of rotatable bonds is 4. The Morgan fingerprint density at radius 1 is 1.32 bits per heavy atom. The molecule has 1 saturated heterocycles. The lowest BCUT2D eigenvalue weighted by Gasteiger charge is -2.35. The van der Waals surface area contributed by atoms with Crippen LogP contribution in [0.3, 0.4) is 0 Å². The zero-order chi connectivity index (χ0) is 13.9. The van der Waals surface area contributed by atoms with E-state index in [9.17, 15) is 8.42 Å². The first-order valence-corrected chi connectivity index (χ1v) is 8.08. The minimum absolute atomic E-state index is 0.227. The molecule has 6 nitrogen and oxygen atoms in total. The Hall–Kier alpha value is -1.34. The lowest BCUT2D eigenvalue weighted by Crippen LogP contribution is -2.49.